The molecule has 1 saturated heterocycles. The Balaban J connectivity index is 1.54. The minimum absolute atomic E-state index is 0.0866. The Morgan fingerprint density at radius 1 is 1.26 bits per heavy atom. The molecular weight excluding hydrogens is 342 g/mol. The molecule has 0 spiro atoms. The molecule has 8 nitrogen and oxygen atoms in total. The van der Waals surface area contributed by atoms with Gasteiger partial charge in [0.05, 0.1) is 12.2 Å². The van der Waals surface area contributed by atoms with E-state index in [1.54, 1.807) is 7.05 Å². The van der Waals surface area contributed by atoms with Gasteiger partial charge in [0.25, 0.3) is 0 Å². The first-order valence-corrected chi connectivity index (χ1v) is 9.47. The van der Waals surface area contributed by atoms with Gasteiger partial charge in [0.2, 0.25) is 5.91 Å². The second-order valence-electron chi connectivity index (χ2n) is 7.36. The van der Waals surface area contributed by atoms with Crippen molar-refractivity contribution in [1.82, 2.24) is 30.2 Å². The monoisotopic (exact) mass is 371 g/mol. The number of piperidine rings is 1. The predicted molar refractivity (Wildman–Crippen MR) is 105 cm³/mol. The first kappa shape index (κ1) is 19.3. The molecule has 8 heteroatoms. The normalized spacial score (nSPS) is 15.7. The van der Waals surface area contributed by atoms with Gasteiger partial charge in [-0.3, -0.25) is 9.69 Å². The second kappa shape index (κ2) is 8.47. The van der Waals surface area contributed by atoms with E-state index in [4.69, 9.17) is 0 Å². The molecule has 1 aliphatic rings. The van der Waals surface area contributed by atoms with Crippen molar-refractivity contribution in [3.05, 3.63) is 29.6 Å². The van der Waals surface area contributed by atoms with Crippen molar-refractivity contribution < 1.29 is 4.79 Å². The molecule has 0 atom stereocenters. The molecule has 27 heavy (non-hydrogen) atoms. The number of likely N-dealkylation sites (tertiary alicyclic amines) is 1. The van der Waals surface area contributed by atoms with Crippen LogP contribution in [0.1, 0.15) is 24.2 Å². The molecule has 2 aromatic rings. The van der Waals surface area contributed by atoms with Crippen LogP contribution in [0.4, 0.5) is 5.82 Å². The van der Waals surface area contributed by atoms with E-state index in [2.05, 4.69) is 37.5 Å². The molecule has 3 rings (SSSR count). The Morgan fingerprint density at radius 3 is 2.56 bits per heavy atom. The summed E-state index contributed by atoms with van der Waals surface area (Å²) in [6.45, 7) is 7.36. The highest BCUT2D eigenvalue weighted by Gasteiger charge is 2.22. The van der Waals surface area contributed by atoms with Gasteiger partial charge in [0, 0.05) is 26.3 Å². The number of nitrogens with zero attached hydrogens (tertiary/aromatic N) is 6. The average molecular weight is 371 g/mol. The standard InChI is InChI=1S/C19H29N7O/c1-14-11-15(2)26(23-14)18-6-5-17(21-22-18)24(4)12-16-7-9-25(10-8-16)13-19(27)20-3/h5-6,11,16H,7-10,12-13H2,1-4H3,(H,20,27). The van der Waals surface area contributed by atoms with Crippen LogP contribution in [0.5, 0.6) is 0 Å². The van der Waals surface area contributed by atoms with Crippen molar-refractivity contribution in [3.63, 3.8) is 0 Å². The first-order chi connectivity index (χ1) is 13.0. The Kier molecular flexibility index (Phi) is 6.05. The van der Waals surface area contributed by atoms with Gasteiger partial charge < -0.3 is 10.2 Å². The molecular formula is C19H29N7O. The first-order valence-electron chi connectivity index (χ1n) is 9.47. The number of carbonyl (C=O) groups is 1. The van der Waals surface area contributed by atoms with Crippen LogP contribution in [0.25, 0.3) is 5.82 Å². The molecule has 2 aromatic heterocycles. The number of carbonyl (C=O) groups excluding carboxylic acids is 1. The summed E-state index contributed by atoms with van der Waals surface area (Å²) < 4.78 is 1.81. The number of hydrogen-bond acceptors (Lipinski definition) is 6. The van der Waals surface area contributed by atoms with Gasteiger partial charge in [-0.1, -0.05) is 0 Å². The van der Waals surface area contributed by atoms with E-state index in [0.29, 0.717) is 12.5 Å². The Hall–Kier alpha value is -2.48. The number of aromatic nitrogens is 4. The molecule has 1 amide bonds. The highest BCUT2D eigenvalue weighted by Crippen LogP contribution is 2.20. The van der Waals surface area contributed by atoms with Crippen LogP contribution in [0.15, 0.2) is 18.2 Å². The molecule has 3 heterocycles. The minimum Gasteiger partial charge on any atom is -0.358 e. The van der Waals surface area contributed by atoms with Crippen LogP contribution in [-0.2, 0) is 4.79 Å². The van der Waals surface area contributed by atoms with Gasteiger partial charge in [-0.25, -0.2) is 4.68 Å². The lowest BCUT2D eigenvalue weighted by Crippen LogP contribution is -2.42. The molecule has 1 aliphatic heterocycles. The fourth-order valence-corrected chi connectivity index (χ4v) is 3.59. The Labute approximate surface area is 160 Å². The quantitative estimate of drug-likeness (QED) is 0.821. The van der Waals surface area contributed by atoms with Crippen LogP contribution in [0.3, 0.4) is 0 Å². The predicted octanol–water partition coefficient (Wildman–Crippen LogP) is 1.17. The van der Waals surface area contributed by atoms with Crippen molar-refractivity contribution >= 4 is 11.7 Å². The summed E-state index contributed by atoms with van der Waals surface area (Å²) in [5, 5.41) is 15.9. The lowest BCUT2D eigenvalue weighted by atomic mass is 9.96. The van der Waals surface area contributed by atoms with Crippen molar-refractivity contribution in [2.45, 2.75) is 26.7 Å². The van der Waals surface area contributed by atoms with Gasteiger partial charge in [-0.05, 0) is 63.9 Å². The van der Waals surface area contributed by atoms with E-state index in [0.717, 1.165) is 55.5 Å². The number of rotatable bonds is 6. The van der Waals surface area contributed by atoms with E-state index in [1.807, 2.05) is 36.7 Å². The van der Waals surface area contributed by atoms with Gasteiger partial charge in [0.15, 0.2) is 11.6 Å². The van der Waals surface area contributed by atoms with Gasteiger partial charge in [0.1, 0.15) is 0 Å². The molecule has 0 bridgehead atoms. The van der Waals surface area contributed by atoms with Crippen LogP contribution in [-0.4, -0.2) is 71.1 Å². The van der Waals surface area contributed by atoms with Crippen molar-refractivity contribution in [2.24, 2.45) is 5.92 Å². The minimum atomic E-state index is 0.0866. The number of nitrogens with one attached hydrogen (secondary N) is 1. The summed E-state index contributed by atoms with van der Waals surface area (Å²) in [6.07, 6.45) is 2.19. The maximum atomic E-state index is 11.5. The zero-order chi connectivity index (χ0) is 19.4. The summed E-state index contributed by atoms with van der Waals surface area (Å²) in [7, 11) is 3.75. The number of anilines is 1. The fraction of sp³-hybridized carbons (Fsp3) is 0.579. The SMILES string of the molecule is CNC(=O)CN1CCC(CN(C)c2ccc(-n3nc(C)cc3C)nn2)CC1. The zero-order valence-electron chi connectivity index (χ0n) is 16.6. The molecule has 0 aliphatic carbocycles. The molecule has 146 valence electrons. The third-order valence-corrected chi connectivity index (χ3v) is 5.14. The number of aryl methyl sites for hydroxylation is 2. The van der Waals surface area contributed by atoms with Gasteiger partial charge in [-0.15, -0.1) is 10.2 Å². The molecule has 0 saturated carbocycles. The van der Waals surface area contributed by atoms with Crippen LogP contribution in [0.2, 0.25) is 0 Å². The van der Waals surface area contributed by atoms with Crippen molar-refractivity contribution in [2.75, 3.05) is 45.2 Å². The highest BCUT2D eigenvalue weighted by molar-refractivity contribution is 5.77. The smallest absolute Gasteiger partial charge is 0.233 e. The number of amides is 1. The molecule has 0 aromatic carbocycles. The number of hydrogen-bond donors (Lipinski definition) is 1. The van der Waals surface area contributed by atoms with E-state index in [-0.39, 0.29) is 5.91 Å². The Bertz CT molecular complexity index is 763. The van der Waals surface area contributed by atoms with Crippen LogP contribution >= 0.6 is 0 Å². The van der Waals surface area contributed by atoms with E-state index in [1.165, 1.54) is 0 Å². The summed E-state index contributed by atoms with van der Waals surface area (Å²) >= 11 is 0. The topological polar surface area (TPSA) is 79.2 Å². The maximum absolute atomic E-state index is 11.5. The van der Waals surface area contributed by atoms with Gasteiger partial charge in [-0.2, -0.15) is 5.10 Å². The summed E-state index contributed by atoms with van der Waals surface area (Å²) in [5.74, 6) is 2.30. The lowest BCUT2D eigenvalue weighted by Gasteiger charge is -2.33. The van der Waals surface area contributed by atoms with Crippen molar-refractivity contribution in [3.8, 4) is 5.82 Å². The molecule has 0 unspecified atom stereocenters. The second-order valence-corrected chi connectivity index (χ2v) is 7.36. The molecule has 1 fully saturated rings. The zero-order valence-corrected chi connectivity index (χ0v) is 16.6. The summed E-state index contributed by atoms with van der Waals surface area (Å²) in [6, 6.07) is 5.99. The molecule has 0 radical (unpaired) electrons. The number of likely N-dealkylation sites (N-methyl/N-ethyl adjacent to an activating group) is 1. The molecule has 1 N–H and O–H groups in total. The lowest BCUT2D eigenvalue weighted by molar-refractivity contribution is -0.122. The van der Waals surface area contributed by atoms with Crippen molar-refractivity contribution in [1.29, 1.82) is 0 Å². The summed E-state index contributed by atoms with van der Waals surface area (Å²) in [5.41, 5.74) is 2.02. The Morgan fingerprint density at radius 2 is 2.00 bits per heavy atom. The highest BCUT2D eigenvalue weighted by atomic mass is 16.1. The van der Waals surface area contributed by atoms with E-state index < -0.39 is 0 Å². The fourth-order valence-electron chi connectivity index (χ4n) is 3.59. The maximum Gasteiger partial charge on any atom is 0.233 e. The van der Waals surface area contributed by atoms with Crippen LogP contribution in [0, 0.1) is 19.8 Å². The van der Waals surface area contributed by atoms with E-state index >= 15 is 0 Å². The van der Waals surface area contributed by atoms with Crippen LogP contribution < -0.4 is 10.2 Å². The third-order valence-electron chi connectivity index (χ3n) is 5.14. The summed E-state index contributed by atoms with van der Waals surface area (Å²) in [4.78, 5) is 15.9. The van der Waals surface area contributed by atoms with Gasteiger partial charge >= 0.3 is 0 Å². The third kappa shape index (κ3) is 4.82. The van der Waals surface area contributed by atoms with E-state index in [9.17, 15) is 4.79 Å². The average Bonchev–Trinajstić information content (AvgIpc) is 3.01. The largest absolute Gasteiger partial charge is 0.358 e.